The number of rotatable bonds is 2. The number of benzene rings is 2. The van der Waals surface area contributed by atoms with Gasteiger partial charge in [-0.15, -0.1) is 0 Å². The first-order valence-electron chi connectivity index (χ1n) is 12.1. The van der Waals surface area contributed by atoms with Crippen molar-refractivity contribution in [2.45, 2.75) is 66.2 Å². The van der Waals surface area contributed by atoms with Gasteiger partial charge >= 0.3 is 33.3 Å². The van der Waals surface area contributed by atoms with E-state index in [1.54, 1.807) is 0 Å². The number of nitrogens with zero attached hydrogens (tertiary/aromatic N) is 3. The van der Waals surface area contributed by atoms with Crippen LogP contribution in [0, 0.1) is 27.7 Å². The van der Waals surface area contributed by atoms with Crippen LogP contribution in [0.4, 0.5) is 11.4 Å². The molecular formula is C29H31Cl2FeN3. The van der Waals surface area contributed by atoms with Gasteiger partial charge in [0, 0.05) is 0 Å². The van der Waals surface area contributed by atoms with E-state index >= 15 is 0 Å². The molecule has 1 heterocycles. The Labute approximate surface area is 223 Å². The first kappa shape index (κ1) is 26.1. The summed E-state index contributed by atoms with van der Waals surface area (Å²) in [5.41, 5.74) is 14.2. The summed E-state index contributed by atoms with van der Waals surface area (Å²) in [6.45, 7) is 8.54. The van der Waals surface area contributed by atoms with Crippen LogP contribution in [-0.4, -0.2) is 16.4 Å². The van der Waals surface area contributed by atoms with Crippen molar-refractivity contribution in [3.8, 4) is 0 Å². The third-order valence-electron chi connectivity index (χ3n) is 6.39. The van der Waals surface area contributed by atoms with Gasteiger partial charge in [0.25, 0.3) is 0 Å². The van der Waals surface area contributed by atoms with E-state index in [0.29, 0.717) is 0 Å². The molecule has 0 radical (unpaired) electrons. The Morgan fingerprint density at radius 1 is 0.600 bits per heavy atom. The molecule has 2 aromatic carbocycles. The van der Waals surface area contributed by atoms with Crippen molar-refractivity contribution in [3.05, 3.63) is 87.2 Å². The van der Waals surface area contributed by atoms with Crippen molar-refractivity contribution < 1.29 is 13.1 Å². The van der Waals surface area contributed by atoms with Gasteiger partial charge in [-0.05, 0) is 124 Å². The number of hydrogen-bond donors (Lipinski definition) is 0. The normalized spacial score (nSPS) is 17.1. The molecule has 3 aromatic rings. The number of hydrogen-bond acceptors (Lipinski definition) is 3. The van der Waals surface area contributed by atoms with E-state index in [-0.39, 0.29) is 13.1 Å². The molecule has 5 rings (SSSR count). The van der Waals surface area contributed by atoms with Crippen molar-refractivity contribution in [3.63, 3.8) is 0 Å². The summed E-state index contributed by atoms with van der Waals surface area (Å²) >= 11 is 0.194. The maximum atomic E-state index is 5.24. The SMILES string of the molecule is Cc1cc(C)cc(N=C2CCCc3cc4c(nc32)C(=Nc2cc(C)cc(C)c2)CCC4)c1.[Cl][Fe][Cl]. The predicted molar refractivity (Wildman–Crippen MR) is 146 cm³/mol. The molecule has 0 atom stereocenters. The van der Waals surface area contributed by atoms with Crippen LogP contribution in [0.15, 0.2) is 52.4 Å². The van der Waals surface area contributed by atoms with Gasteiger partial charge in [0.15, 0.2) is 0 Å². The molecule has 0 spiro atoms. The van der Waals surface area contributed by atoms with E-state index in [2.05, 4.69) is 70.2 Å². The predicted octanol–water partition coefficient (Wildman–Crippen LogP) is 8.61. The zero-order chi connectivity index (χ0) is 24.9. The van der Waals surface area contributed by atoms with Crippen molar-refractivity contribution in [1.82, 2.24) is 4.98 Å². The standard InChI is InChI=1S/C29H31N3.2ClH.Fe/c1-18-11-19(2)14-24(13-18)30-26-9-5-7-22-17-23-8-6-10-27(29(23)32-28(22)26)31-25-15-20(3)12-21(4)16-25;;;/h11-17H,5-10H2,1-4H3;2*1H;/q;;;+2/p-2. The molecular weight excluding hydrogens is 517 g/mol. The van der Waals surface area contributed by atoms with Gasteiger partial charge in [-0.2, -0.15) is 0 Å². The van der Waals surface area contributed by atoms with Crippen LogP contribution in [0.3, 0.4) is 0 Å². The molecule has 0 bridgehead atoms. The molecule has 3 nitrogen and oxygen atoms in total. The quantitative estimate of drug-likeness (QED) is 0.296. The Hall–Kier alpha value is -1.97. The van der Waals surface area contributed by atoms with E-state index in [1.807, 2.05) is 0 Å². The summed E-state index contributed by atoms with van der Waals surface area (Å²) in [6, 6.07) is 15.5. The summed E-state index contributed by atoms with van der Waals surface area (Å²) in [5, 5.41) is 0. The fraction of sp³-hybridized carbons (Fsp3) is 0.345. The summed E-state index contributed by atoms with van der Waals surface area (Å²) in [4.78, 5) is 15.4. The van der Waals surface area contributed by atoms with E-state index in [9.17, 15) is 0 Å². The average Bonchev–Trinajstić information content (AvgIpc) is 2.78. The van der Waals surface area contributed by atoms with Gasteiger partial charge in [0.1, 0.15) is 0 Å². The third kappa shape index (κ3) is 6.62. The number of aryl methyl sites for hydroxylation is 6. The molecule has 0 amide bonds. The monoisotopic (exact) mass is 547 g/mol. The maximum absolute atomic E-state index is 5.24. The van der Waals surface area contributed by atoms with Crippen LogP contribution in [0.1, 0.15) is 70.5 Å². The number of halogens is 2. The Morgan fingerprint density at radius 3 is 1.34 bits per heavy atom. The van der Waals surface area contributed by atoms with Gasteiger partial charge in [-0.1, -0.05) is 18.2 Å². The molecule has 0 fully saturated rings. The zero-order valence-electron chi connectivity index (χ0n) is 20.7. The van der Waals surface area contributed by atoms with Crippen molar-refractivity contribution >= 4 is 43.0 Å². The van der Waals surface area contributed by atoms with Gasteiger partial charge in [-0.25, -0.2) is 4.98 Å². The van der Waals surface area contributed by atoms with Gasteiger partial charge in [0.05, 0.1) is 34.2 Å². The van der Waals surface area contributed by atoms with Crippen LogP contribution in [0.2, 0.25) is 0 Å². The van der Waals surface area contributed by atoms with Crippen LogP contribution in [0.5, 0.6) is 0 Å². The second kappa shape index (κ2) is 11.8. The Bertz CT molecular complexity index is 1160. The number of fused-ring (bicyclic) bond motifs is 2. The molecule has 0 saturated heterocycles. The topological polar surface area (TPSA) is 37.6 Å². The van der Waals surface area contributed by atoms with Crippen molar-refractivity contribution in [2.24, 2.45) is 9.98 Å². The number of aliphatic imine (C=N–C) groups is 2. The van der Waals surface area contributed by atoms with Crippen LogP contribution in [0.25, 0.3) is 0 Å². The van der Waals surface area contributed by atoms with Crippen LogP contribution >= 0.6 is 20.2 Å². The average molecular weight is 548 g/mol. The van der Waals surface area contributed by atoms with Gasteiger partial charge < -0.3 is 0 Å². The number of pyridine rings is 1. The number of aromatic nitrogens is 1. The Morgan fingerprint density at radius 2 is 0.971 bits per heavy atom. The summed E-state index contributed by atoms with van der Waals surface area (Å²) in [6.07, 6.45) is 6.42. The molecule has 0 unspecified atom stereocenters. The molecule has 1 aromatic heterocycles. The van der Waals surface area contributed by atoms with E-state index in [4.69, 9.17) is 35.2 Å². The fourth-order valence-corrected chi connectivity index (χ4v) is 5.17. The zero-order valence-corrected chi connectivity index (χ0v) is 23.4. The minimum atomic E-state index is 0.194. The molecule has 184 valence electrons. The summed E-state index contributed by atoms with van der Waals surface area (Å²) in [5.74, 6) is 0. The second-order valence-electron chi connectivity index (χ2n) is 9.57. The fourth-order valence-electron chi connectivity index (χ4n) is 5.17. The second-order valence-corrected chi connectivity index (χ2v) is 11.4. The molecule has 0 saturated carbocycles. The molecule has 0 N–H and O–H groups in total. The molecule has 35 heavy (non-hydrogen) atoms. The summed E-state index contributed by atoms with van der Waals surface area (Å²) < 4.78 is 0. The summed E-state index contributed by atoms with van der Waals surface area (Å²) in [7, 11) is 9.53. The van der Waals surface area contributed by atoms with E-state index in [0.717, 1.165) is 72.7 Å². The molecule has 2 aliphatic rings. The first-order chi connectivity index (χ1) is 16.9. The van der Waals surface area contributed by atoms with Crippen molar-refractivity contribution in [2.75, 3.05) is 0 Å². The van der Waals surface area contributed by atoms with Gasteiger partial charge in [0.2, 0.25) is 0 Å². The molecule has 2 aliphatic carbocycles. The van der Waals surface area contributed by atoms with Crippen molar-refractivity contribution in [1.29, 1.82) is 0 Å². The minimum absolute atomic E-state index is 0.194. The van der Waals surface area contributed by atoms with Crippen LogP contribution < -0.4 is 0 Å². The third-order valence-corrected chi connectivity index (χ3v) is 6.39. The van der Waals surface area contributed by atoms with E-state index < -0.39 is 0 Å². The Kier molecular flexibility index (Phi) is 8.83. The van der Waals surface area contributed by atoms with Gasteiger partial charge in [-0.3, -0.25) is 9.98 Å². The Balaban J connectivity index is 0.000000917. The van der Waals surface area contributed by atoms with Crippen LogP contribution in [-0.2, 0) is 26.0 Å². The first-order valence-corrected chi connectivity index (χ1v) is 15.1. The molecule has 6 heteroatoms. The van der Waals surface area contributed by atoms with E-state index in [1.165, 1.54) is 33.4 Å². The molecule has 0 aliphatic heterocycles.